The highest BCUT2D eigenvalue weighted by Gasteiger charge is 1.96. The van der Waals surface area contributed by atoms with Gasteiger partial charge < -0.3 is 10.6 Å². The summed E-state index contributed by atoms with van der Waals surface area (Å²) in [5.41, 5.74) is 2.03. The smallest absolute Gasteiger partial charge is 0.166 e. The molecule has 1 heterocycles. The molecule has 0 radical (unpaired) electrons. The number of rotatable bonds is 3. The summed E-state index contributed by atoms with van der Waals surface area (Å²) in [5.74, 6) is 0. The van der Waals surface area contributed by atoms with E-state index in [2.05, 4.69) is 15.6 Å². The van der Waals surface area contributed by atoms with Crippen molar-refractivity contribution in [3.05, 3.63) is 29.6 Å². The molecule has 1 aromatic heterocycles. The molecule has 0 amide bonds. The molecule has 0 saturated heterocycles. The summed E-state index contributed by atoms with van der Waals surface area (Å²) in [6, 6.07) is 5.95. The minimum atomic E-state index is 0.674. The average molecular weight is 209 g/mol. The third kappa shape index (κ3) is 3.70. The van der Waals surface area contributed by atoms with Crippen molar-refractivity contribution in [2.75, 3.05) is 6.54 Å². The van der Waals surface area contributed by atoms with Gasteiger partial charge in [0, 0.05) is 12.2 Å². The summed E-state index contributed by atoms with van der Waals surface area (Å²) in [6.45, 7) is 5.51. The molecule has 14 heavy (non-hydrogen) atoms. The monoisotopic (exact) mass is 209 g/mol. The van der Waals surface area contributed by atoms with E-state index in [0.29, 0.717) is 11.7 Å². The van der Waals surface area contributed by atoms with Crippen LogP contribution < -0.4 is 10.6 Å². The predicted octanol–water partition coefficient (Wildman–Crippen LogP) is 1.37. The van der Waals surface area contributed by atoms with Crippen molar-refractivity contribution >= 4 is 17.3 Å². The van der Waals surface area contributed by atoms with Crippen LogP contribution in [0.4, 0.5) is 0 Å². The van der Waals surface area contributed by atoms with E-state index in [1.165, 1.54) is 0 Å². The summed E-state index contributed by atoms with van der Waals surface area (Å²) < 4.78 is 0. The van der Waals surface area contributed by atoms with Crippen LogP contribution in [0.15, 0.2) is 18.2 Å². The minimum Gasteiger partial charge on any atom is -0.363 e. The van der Waals surface area contributed by atoms with Crippen molar-refractivity contribution < 1.29 is 0 Å². The molecule has 0 fully saturated rings. The van der Waals surface area contributed by atoms with Crippen LogP contribution in [-0.2, 0) is 6.54 Å². The number of thiocarbonyl (C=S) groups is 1. The number of aryl methyl sites for hydroxylation is 1. The van der Waals surface area contributed by atoms with Gasteiger partial charge in [-0.1, -0.05) is 6.07 Å². The topological polar surface area (TPSA) is 37.0 Å². The Morgan fingerprint density at radius 3 is 2.86 bits per heavy atom. The third-order valence-corrected chi connectivity index (χ3v) is 2.00. The second kappa shape index (κ2) is 5.54. The van der Waals surface area contributed by atoms with Crippen LogP contribution in [0.25, 0.3) is 0 Å². The Kier molecular flexibility index (Phi) is 4.32. The van der Waals surface area contributed by atoms with E-state index >= 15 is 0 Å². The van der Waals surface area contributed by atoms with Gasteiger partial charge in [-0.15, -0.1) is 0 Å². The van der Waals surface area contributed by atoms with Gasteiger partial charge in [0.05, 0.1) is 12.2 Å². The van der Waals surface area contributed by atoms with Gasteiger partial charge >= 0.3 is 0 Å². The SMILES string of the molecule is CCNC(=S)NCc1cccc(C)n1. The number of nitrogens with zero attached hydrogens (tertiary/aromatic N) is 1. The van der Waals surface area contributed by atoms with E-state index in [1.807, 2.05) is 32.0 Å². The first-order valence-electron chi connectivity index (χ1n) is 4.66. The van der Waals surface area contributed by atoms with Crippen LogP contribution in [0.2, 0.25) is 0 Å². The number of aromatic nitrogens is 1. The molecule has 0 aliphatic carbocycles. The van der Waals surface area contributed by atoms with Crippen molar-refractivity contribution in [1.82, 2.24) is 15.6 Å². The fourth-order valence-corrected chi connectivity index (χ4v) is 1.31. The lowest BCUT2D eigenvalue weighted by atomic mass is 10.3. The summed E-state index contributed by atoms with van der Waals surface area (Å²) in [6.07, 6.45) is 0. The van der Waals surface area contributed by atoms with E-state index in [9.17, 15) is 0 Å². The molecule has 0 unspecified atom stereocenters. The van der Waals surface area contributed by atoms with Crippen molar-refractivity contribution in [2.24, 2.45) is 0 Å². The predicted molar refractivity (Wildman–Crippen MR) is 62.1 cm³/mol. The molecule has 0 saturated carbocycles. The average Bonchev–Trinajstić information content (AvgIpc) is 2.15. The van der Waals surface area contributed by atoms with Gasteiger partial charge in [0.25, 0.3) is 0 Å². The van der Waals surface area contributed by atoms with E-state index in [4.69, 9.17) is 12.2 Å². The first kappa shape index (κ1) is 10.9. The van der Waals surface area contributed by atoms with Gasteiger partial charge in [0.1, 0.15) is 0 Å². The summed E-state index contributed by atoms with van der Waals surface area (Å²) in [4.78, 5) is 4.36. The first-order chi connectivity index (χ1) is 6.72. The van der Waals surface area contributed by atoms with Crippen molar-refractivity contribution in [1.29, 1.82) is 0 Å². The van der Waals surface area contributed by atoms with Crippen molar-refractivity contribution in [2.45, 2.75) is 20.4 Å². The second-order valence-electron chi connectivity index (χ2n) is 2.98. The molecule has 4 heteroatoms. The zero-order chi connectivity index (χ0) is 10.4. The molecule has 0 bridgehead atoms. The van der Waals surface area contributed by atoms with E-state index < -0.39 is 0 Å². The zero-order valence-corrected chi connectivity index (χ0v) is 9.32. The Bertz CT molecular complexity index is 312. The lowest BCUT2D eigenvalue weighted by molar-refractivity contribution is 0.827. The highest BCUT2D eigenvalue weighted by atomic mass is 32.1. The standard InChI is InChI=1S/C10H15N3S/c1-3-11-10(14)12-7-9-6-4-5-8(2)13-9/h4-6H,3,7H2,1-2H3,(H2,11,12,14). The Morgan fingerprint density at radius 2 is 2.21 bits per heavy atom. The second-order valence-corrected chi connectivity index (χ2v) is 3.39. The molecule has 2 N–H and O–H groups in total. The van der Waals surface area contributed by atoms with Gasteiger partial charge in [-0.25, -0.2) is 0 Å². The number of pyridine rings is 1. The Balaban J connectivity index is 2.41. The van der Waals surface area contributed by atoms with Crippen molar-refractivity contribution in [3.63, 3.8) is 0 Å². The van der Waals surface area contributed by atoms with Crippen LogP contribution in [0.5, 0.6) is 0 Å². The molecule has 0 aliphatic heterocycles. The van der Waals surface area contributed by atoms with Crippen LogP contribution >= 0.6 is 12.2 Å². The quantitative estimate of drug-likeness (QED) is 0.737. The van der Waals surface area contributed by atoms with Crippen LogP contribution in [0.3, 0.4) is 0 Å². The number of hydrogen-bond acceptors (Lipinski definition) is 2. The molecule has 0 spiro atoms. The lowest BCUT2D eigenvalue weighted by Gasteiger charge is -2.08. The van der Waals surface area contributed by atoms with Gasteiger partial charge in [-0.3, -0.25) is 4.98 Å². The Morgan fingerprint density at radius 1 is 1.43 bits per heavy atom. The van der Waals surface area contributed by atoms with E-state index in [1.54, 1.807) is 0 Å². The molecule has 1 aromatic rings. The fraction of sp³-hybridized carbons (Fsp3) is 0.400. The van der Waals surface area contributed by atoms with E-state index in [0.717, 1.165) is 17.9 Å². The maximum absolute atomic E-state index is 5.04. The molecular weight excluding hydrogens is 194 g/mol. The molecule has 0 atom stereocenters. The summed E-state index contributed by atoms with van der Waals surface area (Å²) in [7, 11) is 0. The van der Waals surface area contributed by atoms with Crippen LogP contribution in [0, 0.1) is 6.92 Å². The first-order valence-corrected chi connectivity index (χ1v) is 5.07. The summed E-state index contributed by atoms with van der Waals surface area (Å²) >= 11 is 5.04. The Hall–Kier alpha value is -1.16. The van der Waals surface area contributed by atoms with Gasteiger partial charge in [-0.2, -0.15) is 0 Å². The van der Waals surface area contributed by atoms with Crippen molar-refractivity contribution in [3.8, 4) is 0 Å². The van der Waals surface area contributed by atoms with Crippen LogP contribution in [-0.4, -0.2) is 16.6 Å². The normalized spacial score (nSPS) is 9.57. The summed E-state index contributed by atoms with van der Waals surface area (Å²) in [5, 5.41) is 6.78. The largest absolute Gasteiger partial charge is 0.363 e. The van der Waals surface area contributed by atoms with Crippen LogP contribution in [0.1, 0.15) is 18.3 Å². The number of nitrogens with one attached hydrogen (secondary N) is 2. The molecule has 1 rings (SSSR count). The van der Waals surface area contributed by atoms with E-state index in [-0.39, 0.29) is 0 Å². The fourth-order valence-electron chi connectivity index (χ4n) is 1.09. The molecule has 0 aromatic carbocycles. The maximum Gasteiger partial charge on any atom is 0.166 e. The molecule has 3 nitrogen and oxygen atoms in total. The molecule has 76 valence electrons. The van der Waals surface area contributed by atoms with Gasteiger partial charge in [0.15, 0.2) is 5.11 Å². The van der Waals surface area contributed by atoms with Gasteiger partial charge in [-0.05, 0) is 38.2 Å². The molecular formula is C10H15N3S. The minimum absolute atomic E-state index is 0.674. The van der Waals surface area contributed by atoms with Gasteiger partial charge in [0.2, 0.25) is 0 Å². The third-order valence-electron chi connectivity index (χ3n) is 1.71. The number of hydrogen-bond donors (Lipinski definition) is 2. The zero-order valence-electron chi connectivity index (χ0n) is 8.50. The highest BCUT2D eigenvalue weighted by molar-refractivity contribution is 7.80. The maximum atomic E-state index is 5.04. The Labute approximate surface area is 89.9 Å². The lowest BCUT2D eigenvalue weighted by Crippen LogP contribution is -2.34. The highest BCUT2D eigenvalue weighted by Crippen LogP contribution is 1.96. The molecule has 0 aliphatic rings.